The maximum atomic E-state index is 12.4. The van der Waals surface area contributed by atoms with E-state index in [9.17, 15) is 20.0 Å². The van der Waals surface area contributed by atoms with Gasteiger partial charge >= 0.3 is 5.97 Å². The number of ether oxygens (including phenoxy) is 2. The van der Waals surface area contributed by atoms with Crippen molar-refractivity contribution in [2.24, 2.45) is 0 Å². The first kappa shape index (κ1) is 20.8. The minimum Gasteiger partial charge on any atom is -0.493 e. The highest BCUT2D eigenvalue weighted by atomic mass is 35.5. The lowest BCUT2D eigenvalue weighted by Gasteiger charge is -2.12. The first-order valence-corrected chi connectivity index (χ1v) is 8.54. The maximum Gasteiger partial charge on any atom is 0.337 e. The number of hydrogen-bond donors (Lipinski definition) is 2. The number of carboxylic acids is 1. The highest BCUT2D eigenvalue weighted by Crippen LogP contribution is 2.37. The number of carbonyl (C=O) groups excluding carboxylic acids is 1. The van der Waals surface area contributed by atoms with Crippen molar-refractivity contribution >= 4 is 35.2 Å². The van der Waals surface area contributed by atoms with E-state index < -0.39 is 11.9 Å². The summed E-state index contributed by atoms with van der Waals surface area (Å²) < 4.78 is 10.7. The Bertz CT molecular complexity index is 979. The van der Waals surface area contributed by atoms with E-state index in [0.717, 1.165) is 0 Å². The minimum atomic E-state index is -1.19. The molecule has 0 aliphatic carbocycles. The molecule has 0 spiro atoms. The third-order valence-corrected chi connectivity index (χ3v) is 3.90. The highest BCUT2D eigenvalue weighted by Gasteiger charge is 2.16. The standard InChI is InChI=1S/C20H17ClN2O5/c1-3-28-18-15(21)9-12(10-17(18)27-2)8-13(11-22)19(24)23-16-7-5-4-6-14(16)20(25)26/h4-10H,3H2,1-2H3,(H,23,24)(H,25,26)/b13-8+. The highest BCUT2D eigenvalue weighted by molar-refractivity contribution is 6.32. The van der Waals surface area contributed by atoms with Gasteiger partial charge in [0.25, 0.3) is 5.91 Å². The Morgan fingerprint density at radius 2 is 2.04 bits per heavy atom. The third-order valence-electron chi connectivity index (χ3n) is 3.62. The van der Waals surface area contributed by atoms with E-state index in [4.69, 9.17) is 21.1 Å². The second-order valence-electron chi connectivity index (χ2n) is 5.44. The molecule has 0 heterocycles. The van der Waals surface area contributed by atoms with E-state index in [-0.39, 0.29) is 21.8 Å². The molecule has 0 unspecified atom stereocenters. The molecule has 0 atom stereocenters. The first-order valence-electron chi connectivity index (χ1n) is 8.17. The molecule has 1 amide bonds. The van der Waals surface area contributed by atoms with Crippen molar-refractivity contribution in [3.8, 4) is 17.6 Å². The Hall–Kier alpha value is -3.50. The second-order valence-corrected chi connectivity index (χ2v) is 5.85. The zero-order valence-corrected chi connectivity index (χ0v) is 15.9. The van der Waals surface area contributed by atoms with Crippen LogP contribution in [0.5, 0.6) is 11.5 Å². The fourth-order valence-electron chi connectivity index (χ4n) is 2.39. The van der Waals surface area contributed by atoms with E-state index in [1.165, 1.54) is 37.5 Å². The fraction of sp³-hybridized carbons (Fsp3) is 0.150. The number of amides is 1. The number of methoxy groups -OCH3 is 1. The van der Waals surface area contributed by atoms with Gasteiger partial charge in [0.15, 0.2) is 11.5 Å². The molecule has 28 heavy (non-hydrogen) atoms. The Labute approximate surface area is 166 Å². The molecule has 0 aliphatic rings. The van der Waals surface area contributed by atoms with Gasteiger partial charge in [0.1, 0.15) is 11.6 Å². The van der Waals surface area contributed by atoms with Crippen molar-refractivity contribution in [1.82, 2.24) is 0 Å². The summed E-state index contributed by atoms with van der Waals surface area (Å²) in [5.41, 5.74) is 0.216. The predicted molar refractivity (Wildman–Crippen MR) is 105 cm³/mol. The first-order chi connectivity index (χ1) is 13.4. The Morgan fingerprint density at radius 1 is 1.32 bits per heavy atom. The summed E-state index contributed by atoms with van der Waals surface area (Å²) in [6.45, 7) is 2.19. The van der Waals surface area contributed by atoms with Gasteiger partial charge in [0.2, 0.25) is 0 Å². The summed E-state index contributed by atoms with van der Waals surface area (Å²) >= 11 is 6.20. The summed E-state index contributed by atoms with van der Waals surface area (Å²) in [5, 5.41) is 21.3. The Balaban J connectivity index is 2.36. The van der Waals surface area contributed by atoms with Crippen LogP contribution in [-0.4, -0.2) is 30.7 Å². The van der Waals surface area contributed by atoms with Crippen molar-refractivity contribution in [3.05, 3.63) is 58.1 Å². The van der Waals surface area contributed by atoms with Crippen molar-refractivity contribution in [2.45, 2.75) is 6.92 Å². The molecule has 8 heteroatoms. The van der Waals surface area contributed by atoms with Crippen LogP contribution < -0.4 is 14.8 Å². The Kier molecular flexibility index (Phi) is 7.02. The van der Waals surface area contributed by atoms with Gasteiger partial charge in [-0.2, -0.15) is 5.26 Å². The van der Waals surface area contributed by atoms with E-state index in [2.05, 4.69) is 5.32 Å². The molecule has 2 N–H and O–H groups in total. The van der Waals surface area contributed by atoms with E-state index >= 15 is 0 Å². The van der Waals surface area contributed by atoms with Gasteiger partial charge in [-0.1, -0.05) is 23.7 Å². The summed E-state index contributed by atoms with van der Waals surface area (Å²) in [7, 11) is 1.45. The molecule has 0 radical (unpaired) electrons. The van der Waals surface area contributed by atoms with E-state index in [0.29, 0.717) is 23.7 Å². The van der Waals surface area contributed by atoms with Gasteiger partial charge in [0, 0.05) is 0 Å². The average molecular weight is 401 g/mol. The molecule has 0 saturated heterocycles. The van der Waals surface area contributed by atoms with Crippen LogP contribution >= 0.6 is 11.6 Å². The second kappa shape index (κ2) is 9.44. The number of anilines is 1. The van der Waals surface area contributed by atoms with Crippen LogP contribution in [0.4, 0.5) is 5.69 Å². The molecular weight excluding hydrogens is 384 g/mol. The summed E-state index contributed by atoms with van der Waals surface area (Å²) in [6, 6.07) is 10.8. The lowest BCUT2D eigenvalue weighted by Crippen LogP contribution is -2.16. The summed E-state index contributed by atoms with van der Waals surface area (Å²) in [5.74, 6) is -1.22. The molecule has 0 aromatic heterocycles. The van der Waals surface area contributed by atoms with Gasteiger partial charge in [-0.25, -0.2) is 4.79 Å². The zero-order valence-electron chi connectivity index (χ0n) is 15.2. The largest absolute Gasteiger partial charge is 0.493 e. The zero-order chi connectivity index (χ0) is 20.7. The molecule has 0 aliphatic heterocycles. The lowest BCUT2D eigenvalue weighted by molar-refractivity contribution is -0.112. The quantitative estimate of drug-likeness (QED) is 0.537. The van der Waals surface area contributed by atoms with Gasteiger partial charge in [-0.15, -0.1) is 0 Å². The van der Waals surface area contributed by atoms with Gasteiger partial charge in [-0.05, 0) is 42.8 Å². The summed E-state index contributed by atoms with van der Waals surface area (Å²) in [6.07, 6.45) is 1.32. The number of hydrogen-bond acceptors (Lipinski definition) is 5. The van der Waals surface area contributed by atoms with Crippen LogP contribution in [0.3, 0.4) is 0 Å². The SMILES string of the molecule is CCOc1c(Cl)cc(/C=C(\C#N)C(=O)Nc2ccccc2C(=O)O)cc1OC. The lowest BCUT2D eigenvalue weighted by atomic mass is 10.1. The number of benzene rings is 2. The van der Waals surface area contributed by atoms with Crippen LogP contribution in [-0.2, 0) is 4.79 Å². The molecule has 0 bridgehead atoms. The van der Waals surface area contributed by atoms with Crippen LogP contribution in [0.1, 0.15) is 22.8 Å². The van der Waals surface area contributed by atoms with E-state index in [1.54, 1.807) is 25.1 Å². The number of para-hydroxylation sites is 1. The van der Waals surface area contributed by atoms with Crippen molar-refractivity contribution < 1.29 is 24.2 Å². The van der Waals surface area contributed by atoms with Gasteiger partial charge in [0.05, 0.1) is 30.0 Å². The number of carboxylic acid groups (broad SMARTS) is 1. The number of rotatable bonds is 7. The maximum absolute atomic E-state index is 12.4. The molecular formula is C20H17ClN2O5. The Morgan fingerprint density at radius 3 is 2.64 bits per heavy atom. The predicted octanol–water partition coefficient (Wildman–Crippen LogP) is 3.99. The normalized spacial score (nSPS) is 10.7. The molecule has 7 nitrogen and oxygen atoms in total. The van der Waals surface area contributed by atoms with Crippen LogP contribution in [0.25, 0.3) is 6.08 Å². The van der Waals surface area contributed by atoms with Crippen molar-refractivity contribution in [1.29, 1.82) is 5.26 Å². The molecule has 2 aromatic rings. The number of carbonyl (C=O) groups is 2. The summed E-state index contributed by atoms with van der Waals surface area (Å²) in [4.78, 5) is 23.7. The monoisotopic (exact) mass is 400 g/mol. The fourth-order valence-corrected chi connectivity index (χ4v) is 2.66. The van der Waals surface area contributed by atoms with Crippen molar-refractivity contribution in [3.63, 3.8) is 0 Å². The minimum absolute atomic E-state index is 0.0843. The number of nitrogens with zero attached hydrogens (tertiary/aromatic N) is 1. The van der Waals surface area contributed by atoms with Gasteiger partial charge < -0.3 is 19.9 Å². The number of halogens is 1. The number of nitriles is 1. The van der Waals surface area contributed by atoms with Crippen molar-refractivity contribution in [2.75, 3.05) is 19.0 Å². The topological polar surface area (TPSA) is 109 Å². The molecule has 2 rings (SSSR count). The molecule has 144 valence electrons. The van der Waals surface area contributed by atoms with E-state index in [1.807, 2.05) is 0 Å². The van der Waals surface area contributed by atoms with Crippen LogP contribution in [0.2, 0.25) is 5.02 Å². The van der Waals surface area contributed by atoms with Gasteiger partial charge in [-0.3, -0.25) is 4.79 Å². The molecule has 0 saturated carbocycles. The average Bonchev–Trinajstić information content (AvgIpc) is 2.68. The van der Waals surface area contributed by atoms with Crippen LogP contribution in [0, 0.1) is 11.3 Å². The van der Waals surface area contributed by atoms with Crippen LogP contribution in [0.15, 0.2) is 42.0 Å². The smallest absolute Gasteiger partial charge is 0.337 e. The third kappa shape index (κ3) is 4.81. The molecule has 0 fully saturated rings. The molecule has 2 aromatic carbocycles. The number of nitrogens with one attached hydrogen (secondary N) is 1. The number of aromatic carboxylic acids is 1.